The average Bonchev–Trinajstić information content (AvgIpc) is 2.98. The van der Waals surface area contributed by atoms with E-state index in [0.717, 1.165) is 13.1 Å². The number of halogens is 1. The third kappa shape index (κ3) is 5.74. The van der Waals surface area contributed by atoms with Gasteiger partial charge in [0.05, 0.1) is 0 Å². The molecule has 0 spiro atoms. The lowest BCUT2D eigenvalue weighted by atomic mass is 9.85. The highest BCUT2D eigenvalue weighted by Crippen LogP contribution is 2.23. The first-order chi connectivity index (χ1) is 10.8. The summed E-state index contributed by atoms with van der Waals surface area (Å²) in [5, 5.41) is 10.4. The number of hydrogen-bond acceptors (Lipinski definition) is 5. The van der Waals surface area contributed by atoms with Crippen molar-refractivity contribution in [3.63, 3.8) is 0 Å². The van der Waals surface area contributed by atoms with Crippen LogP contribution in [0.4, 0.5) is 0 Å². The maximum absolute atomic E-state index is 12.3. The summed E-state index contributed by atoms with van der Waals surface area (Å²) in [5.74, 6) is 2.14. The zero-order valence-corrected chi connectivity index (χ0v) is 16.2. The van der Waals surface area contributed by atoms with Crippen molar-refractivity contribution in [3.8, 4) is 0 Å². The van der Waals surface area contributed by atoms with Crippen molar-refractivity contribution in [2.75, 3.05) is 13.1 Å². The fourth-order valence-electron chi connectivity index (χ4n) is 2.90. The van der Waals surface area contributed by atoms with Crippen molar-refractivity contribution in [1.82, 2.24) is 20.8 Å². The van der Waals surface area contributed by atoms with Crippen LogP contribution in [0.5, 0.6) is 0 Å². The normalized spacial score (nSPS) is 20.8. The third-order valence-electron chi connectivity index (χ3n) is 4.51. The van der Waals surface area contributed by atoms with E-state index >= 15 is 0 Å². The third-order valence-corrected chi connectivity index (χ3v) is 4.51. The summed E-state index contributed by atoms with van der Waals surface area (Å²) < 4.78 is 5.29. The minimum absolute atomic E-state index is 0. The van der Waals surface area contributed by atoms with E-state index in [1.807, 2.05) is 27.7 Å². The number of amides is 1. The van der Waals surface area contributed by atoms with Crippen LogP contribution in [0.3, 0.4) is 0 Å². The fraction of sp³-hybridized carbons (Fsp3) is 0.824. The molecule has 1 aromatic rings. The standard InChI is InChI=1S/C17H30N4O2.ClH/c1-11(13-7-6-8-18-10-13)9-14(22)19-12(2)15-20-16(21-23-15)17(3,4)5;/h11-13,18H,6-10H2,1-5H3,(H,19,22);1H. The predicted molar refractivity (Wildman–Crippen MR) is 96.2 cm³/mol. The van der Waals surface area contributed by atoms with Gasteiger partial charge in [-0.1, -0.05) is 32.9 Å². The molecule has 7 heteroatoms. The molecule has 0 aromatic carbocycles. The molecule has 1 aliphatic heterocycles. The van der Waals surface area contributed by atoms with E-state index in [2.05, 4.69) is 27.7 Å². The van der Waals surface area contributed by atoms with Crippen LogP contribution >= 0.6 is 12.4 Å². The molecule has 1 amide bonds. The lowest BCUT2D eigenvalue weighted by Crippen LogP contribution is -2.36. The van der Waals surface area contributed by atoms with Gasteiger partial charge in [0, 0.05) is 11.8 Å². The SMILES string of the molecule is CC(NC(=O)CC(C)C1CCCNC1)c1nc(C(C)(C)C)no1.Cl. The van der Waals surface area contributed by atoms with Crippen LogP contribution in [0.25, 0.3) is 0 Å². The molecule has 3 unspecified atom stereocenters. The highest BCUT2D eigenvalue weighted by atomic mass is 35.5. The highest BCUT2D eigenvalue weighted by Gasteiger charge is 2.25. The fourth-order valence-corrected chi connectivity index (χ4v) is 2.90. The molecule has 6 nitrogen and oxygen atoms in total. The van der Waals surface area contributed by atoms with Crippen molar-refractivity contribution in [3.05, 3.63) is 11.7 Å². The van der Waals surface area contributed by atoms with Gasteiger partial charge in [0.15, 0.2) is 5.82 Å². The van der Waals surface area contributed by atoms with Crippen LogP contribution in [-0.2, 0) is 10.2 Å². The summed E-state index contributed by atoms with van der Waals surface area (Å²) in [4.78, 5) is 16.7. The molecule has 0 aliphatic carbocycles. The summed E-state index contributed by atoms with van der Waals surface area (Å²) in [5.41, 5.74) is -0.159. The Bertz CT molecular complexity index is 521. The van der Waals surface area contributed by atoms with Crippen molar-refractivity contribution in [2.45, 2.75) is 65.3 Å². The molecular formula is C17H31ClN4O2. The Labute approximate surface area is 150 Å². The lowest BCUT2D eigenvalue weighted by Gasteiger charge is -2.28. The number of nitrogens with one attached hydrogen (secondary N) is 2. The van der Waals surface area contributed by atoms with E-state index in [-0.39, 0.29) is 29.8 Å². The summed E-state index contributed by atoms with van der Waals surface area (Å²) >= 11 is 0. The van der Waals surface area contributed by atoms with Crippen LogP contribution in [-0.4, -0.2) is 29.1 Å². The second kappa shape index (κ2) is 8.81. The zero-order valence-electron chi connectivity index (χ0n) is 15.4. The molecule has 0 radical (unpaired) electrons. The number of aromatic nitrogens is 2. The van der Waals surface area contributed by atoms with Gasteiger partial charge in [-0.3, -0.25) is 4.79 Å². The van der Waals surface area contributed by atoms with Crippen molar-refractivity contribution < 1.29 is 9.32 Å². The van der Waals surface area contributed by atoms with Gasteiger partial charge in [0.1, 0.15) is 6.04 Å². The molecule has 1 aliphatic rings. The van der Waals surface area contributed by atoms with Gasteiger partial charge in [0.25, 0.3) is 0 Å². The Balaban J connectivity index is 0.00000288. The van der Waals surface area contributed by atoms with E-state index in [0.29, 0.717) is 30.0 Å². The Morgan fingerprint density at radius 1 is 1.42 bits per heavy atom. The molecule has 0 bridgehead atoms. The summed E-state index contributed by atoms with van der Waals surface area (Å²) in [7, 11) is 0. The molecule has 3 atom stereocenters. The topological polar surface area (TPSA) is 80.0 Å². The summed E-state index contributed by atoms with van der Waals surface area (Å²) in [6.07, 6.45) is 2.94. The van der Waals surface area contributed by atoms with Gasteiger partial charge in [-0.25, -0.2) is 0 Å². The molecule has 2 rings (SSSR count). The van der Waals surface area contributed by atoms with Crippen molar-refractivity contribution in [2.24, 2.45) is 11.8 Å². The first-order valence-electron chi connectivity index (χ1n) is 8.61. The highest BCUT2D eigenvalue weighted by molar-refractivity contribution is 5.85. The lowest BCUT2D eigenvalue weighted by molar-refractivity contribution is -0.123. The van der Waals surface area contributed by atoms with Gasteiger partial charge >= 0.3 is 0 Å². The smallest absolute Gasteiger partial charge is 0.248 e. The molecule has 0 saturated carbocycles. The van der Waals surface area contributed by atoms with E-state index in [1.54, 1.807) is 0 Å². The number of hydrogen-bond donors (Lipinski definition) is 2. The molecule has 1 saturated heterocycles. The molecule has 1 fully saturated rings. The quantitative estimate of drug-likeness (QED) is 0.845. The van der Waals surface area contributed by atoms with Gasteiger partial charge in [-0.05, 0) is 44.7 Å². The average molecular weight is 359 g/mol. The van der Waals surface area contributed by atoms with Crippen LogP contribution in [0.2, 0.25) is 0 Å². The van der Waals surface area contributed by atoms with Crippen LogP contribution in [0.1, 0.15) is 71.6 Å². The van der Waals surface area contributed by atoms with Gasteiger partial charge < -0.3 is 15.2 Å². The number of piperidine rings is 1. The minimum Gasteiger partial charge on any atom is -0.345 e. The van der Waals surface area contributed by atoms with Gasteiger partial charge in [0.2, 0.25) is 11.8 Å². The van der Waals surface area contributed by atoms with Crippen molar-refractivity contribution >= 4 is 18.3 Å². The van der Waals surface area contributed by atoms with E-state index in [4.69, 9.17) is 4.52 Å². The second-order valence-corrected chi connectivity index (χ2v) is 7.78. The Morgan fingerprint density at radius 3 is 2.67 bits per heavy atom. The summed E-state index contributed by atoms with van der Waals surface area (Å²) in [6.45, 7) is 12.2. The van der Waals surface area contributed by atoms with Crippen LogP contribution < -0.4 is 10.6 Å². The predicted octanol–water partition coefficient (Wildman–Crippen LogP) is 2.99. The molecular weight excluding hydrogens is 328 g/mol. The molecule has 1 aromatic heterocycles. The van der Waals surface area contributed by atoms with Crippen molar-refractivity contribution in [1.29, 1.82) is 0 Å². The van der Waals surface area contributed by atoms with Gasteiger partial charge in [-0.15, -0.1) is 12.4 Å². The first kappa shape index (κ1) is 20.9. The zero-order chi connectivity index (χ0) is 17.0. The Hall–Kier alpha value is -1.14. The maximum Gasteiger partial charge on any atom is 0.248 e. The number of carbonyl (C=O) groups is 1. The van der Waals surface area contributed by atoms with Crippen LogP contribution in [0, 0.1) is 11.8 Å². The Morgan fingerprint density at radius 2 is 2.12 bits per heavy atom. The van der Waals surface area contributed by atoms with E-state index in [9.17, 15) is 4.79 Å². The monoisotopic (exact) mass is 358 g/mol. The van der Waals surface area contributed by atoms with Gasteiger partial charge in [-0.2, -0.15) is 4.98 Å². The second-order valence-electron chi connectivity index (χ2n) is 7.78. The van der Waals surface area contributed by atoms with E-state index in [1.165, 1.54) is 12.8 Å². The molecule has 138 valence electrons. The molecule has 2 heterocycles. The molecule has 24 heavy (non-hydrogen) atoms. The van der Waals surface area contributed by atoms with Crippen LogP contribution in [0.15, 0.2) is 4.52 Å². The minimum atomic E-state index is -0.261. The maximum atomic E-state index is 12.3. The Kier molecular flexibility index (Phi) is 7.67. The first-order valence-corrected chi connectivity index (χ1v) is 8.61. The number of carbonyl (C=O) groups excluding carboxylic acids is 1. The number of nitrogens with zero attached hydrogens (tertiary/aromatic N) is 2. The summed E-state index contributed by atoms with van der Waals surface area (Å²) in [6, 6.07) is -0.261. The number of rotatable bonds is 5. The largest absolute Gasteiger partial charge is 0.345 e. The van der Waals surface area contributed by atoms with E-state index < -0.39 is 0 Å². The molecule has 2 N–H and O–H groups in total.